The van der Waals surface area contributed by atoms with Crippen LogP contribution in [0, 0.1) is 0 Å². The number of amides is 1. The van der Waals surface area contributed by atoms with Crippen molar-refractivity contribution in [2.75, 3.05) is 5.32 Å². The van der Waals surface area contributed by atoms with Crippen LogP contribution in [-0.2, 0) is 11.2 Å². The Morgan fingerprint density at radius 2 is 2.24 bits per heavy atom. The Bertz CT molecular complexity index is 465. The maximum Gasteiger partial charge on any atom is 0.252 e. The molecule has 0 spiro atoms. The van der Waals surface area contributed by atoms with Crippen molar-refractivity contribution < 1.29 is 4.79 Å². The molecule has 4 N–H and O–H groups in total. The van der Waals surface area contributed by atoms with E-state index in [9.17, 15) is 9.59 Å². The van der Waals surface area contributed by atoms with Crippen LogP contribution in [-0.4, -0.2) is 21.4 Å². The third kappa shape index (κ3) is 4.26. The fourth-order valence-electron chi connectivity index (χ4n) is 1.57. The number of carbonyl (C=O) groups is 1. The Morgan fingerprint density at radius 1 is 1.59 bits per heavy atom. The Balaban J connectivity index is 2.91. The first kappa shape index (κ1) is 13.2. The molecule has 17 heavy (non-hydrogen) atoms. The molecule has 0 fully saturated rings. The fourth-order valence-corrected chi connectivity index (χ4v) is 1.57. The number of hydrogen-bond acceptors (Lipinski definition) is 4. The summed E-state index contributed by atoms with van der Waals surface area (Å²) in [6.07, 6.45) is 0.809. The number of H-pyrrole nitrogens is 1. The van der Waals surface area contributed by atoms with E-state index >= 15 is 0 Å². The largest absolute Gasteiger partial charge is 0.370 e. The quantitative estimate of drug-likeness (QED) is 0.691. The molecule has 1 aromatic heterocycles. The Morgan fingerprint density at radius 3 is 2.76 bits per heavy atom. The molecule has 0 bridgehead atoms. The van der Waals surface area contributed by atoms with Crippen LogP contribution in [0.4, 0.5) is 5.82 Å². The molecule has 6 heteroatoms. The van der Waals surface area contributed by atoms with Crippen LogP contribution in [0.2, 0.25) is 0 Å². The molecule has 0 unspecified atom stereocenters. The molecular weight excluding hydrogens is 220 g/mol. The van der Waals surface area contributed by atoms with Gasteiger partial charge in [0.15, 0.2) is 0 Å². The number of aryl methyl sites for hydroxylation is 1. The first-order valence-electron chi connectivity index (χ1n) is 5.49. The van der Waals surface area contributed by atoms with E-state index in [1.54, 1.807) is 0 Å². The second-order valence-electron chi connectivity index (χ2n) is 4.58. The number of aromatic nitrogens is 2. The smallest absolute Gasteiger partial charge is 0.252 e. The van der Waals surface area contributed by atoms with E-state index in [0.29, 0.717) is 18.1 Å². The van der Waals surface area contributed by atoms with Crippen LogP contribution in [0.5, 0.6) is 0 Å². The summed E-state index contributed by atoms with van der Waals surface area (Å²) in [7, 11) is 0. The zero-order valence-electron chi connectivity index (χ0n) is 10.3. The van der Waals surface area contributed by atoms with Gasteiger partial charge in [0.25, 0.3) is 5.56 Å². The molecule has 0 aliphatic rings. The molecule has 0 radical (unpaired) electrons. The summed E-state index contributed by atoms with van der Waals surface area (Å²) >= 11 is 0. The summed E-state index contributed by atoms with van der Waals surface area (Å²) in [6, 6.07) is 1.36. The molecule has 1 heterocycles. The molecule has 0 atom stereocenters. The molecule has 0 aliphatic carbocycles. The average molecular weight is 238 g/mol. The van der Waals surface area contributed by atoms with E-state index in [1.165, 1.54) is 6.07 Å². The van der Waals surface area contributed by atoms with Crippen molar-refractivity contribution in [3.8, 4) is 0 Å². The van der Waals surface area contributed by atoms with Crippen LogP contribution in [0.3, 0.4) is 0 Å². The van der Waals surface area contributed by atoms with Crippen LogP contribution < -0.4 is 16.6 Å². The average Bonchev–Trinajstić information content (AvgIpc) is 2.13. The Hall–Kier alpha value is -1.85. The lowest BCUT2D eigenvalue weighted by Crippen LogP contribution is -2.36. The van der Waals surface area contributed by atoms with Gasteiger partial charge in [-0.3, -0.25) is 9.59 Å². The number of nitrogens with zero attached hydrogens (tertiary/aromatic N) is 1. The first-order valence-corrected chi connectivity index (χ1v) is 5.49. The summed E-state index contributed by atoms with van der Waals surface area (Å²) in [6.45, 7) is 5.55. The third-order valence-electron chi connectivity index (χ3n) is 2.21. The highest BCUT2D eigenvalue weighted by Crippen LogP contribution is 2.14. The van der Waals surface area contributed by atoms with Gasteiger partial charge < -0.3 is 16.0 Å². The second kappa shape index (κ2) is 4.99. The number of hydrogen-bond donors (Lipinski definition) is 3. The number of anilines is 1. The highest BCUT2D eigenvalue weighted by molar-refractivity contribution is 5.75. The van der Waals surface area contributed by atoms with Gasteiger partial charge in [0.05, 0.1) is 0 Å². The first-order chi connectivity index (χ1) is 7.82. The zero-order chi connectivity index (χ0) is 13.1. The standard InChI is InChI=1S/C11H18N4O2/c1-4-8-13-9(5-10(17)14-8)15-11(2,3)6-7(12)16/h5H,4,6H2,1-3H3,(H2,12,16)(H2,13,14,15,17). The second-order valence-corrected chi connectivity index (χ2v) is 4.58. The van der Waals surface area contributed by atoms with Gasteiger partial charge in [0, 0.05) is 24.4 Å². The maximum absolute atomic E-state index is 11.4. The highest BCUT2D eigenvalue weighted by atomic mass is 16.1. The van der Waals surface area contributed by atoms with Crippen molar-refractivity contribution in [1.82, 2.24) is 9.97 Å². The van der Waals surface area contributed by atoms with Gasteiger partial charge in [0.2, 0.25) is 5.91 Å². The number of carbonyl (C=O) groups excluding carboxylic acids is 1. The Kier molecular flexibility index (Phi) is 3.88. The zero-order valence-corrected chi connectivity index (χ0v) is 10.3. The van der Waals surface area contributed by atoms with Crippen molar-refractivity contribution in [3.63, 3.8) is 0 Å². The van der Waals surface area contributed by atoms with Crippen molar-refractivity contribution in [2.45, 2.75) is 39.2 Å². The van der Waals surface area contributed by atoms with E-state index < -0.39 is 11.4 Å². The van der Waals surface area contributed by atoms with Crippen LogP contribution in [0.15, 0.2) is 10.9 Å². The molecule has 0 saturated heterocycles. The predicted molar refractivity (Wildman–Crippen MR) is 65.7 cm³/mol. The van der Waals surface area contributed by atoms with Crippen molar-refractivity contribution in [3.05, 3.63) is 22.2 Å². The summed E-state index contributed by atoms with van der Waals surface area (Å²) in [5.74, 6) is 0.662. The number of nitrogens with one attached hydrogen (secondary N) is 2. The predicted octanol–water partition coefficient (Wildman–Crippen LogP) is 0.398. The lowest BCUT2D eigenvalue weighted by Gasteiger charge is -2.25. The topological polar surface area (TPSA) is 101 Å². The van der Waals surface area contributed by atoms with Crippen LogP contribution in [0.25, 0.3) is 0 Å². The number of nitrogens with two attached hydrogens (primary N) is 1. The summed E-state index contributed by atoms with van der Waals surface area (Å²) < 4.78 is 0. The fraction of sp³-hybridized carbons (Fsp3) is 0.545. The molecule has 6 nitrogen and oxygen atoms in total. The molecule has 1 aromatic rings. The van der Waals surface area contributed by atoms with Gasteiger partial charge in [-0.1, -0.05) is 6.92 Å². The van der Waals surface area contributed by atoms with Gasteiger partial charge in [0.1, 0.15) is 11.6 Å². The lowest BCUT2D eigenvalue weighted by atomic mass is 10.0. The SMILES string of the molecule is CCc1nc(NC(C)(C)CC(N)=O)cc(=O)[nH]1. The summed E-state index contributed by atoms with van der Waals surface area (Å²) in [5.41, 5.74) is 4.41. The highest BCUT2D eigenvalue weighted by Gasteiger charge is 2.21. The molecule has 1 amide bonds. The van der Waals surface area contributed by atoms with Crippen molar-refractivity contribution in [1.29, 1.82) is 0 Å². The molecule has 0 aromatic carbocycles. The minimum atomic E-state index is -0.530. The molecule has 0 aliphatic heterocycles. The van der Waals surface area contributed by atoms with Gasteiger partial charge in [-0.2, -0.15) is 0 Å². The van der Waals surface area contributed by atoms with Crippen molar-refractivity contribution in [2.24, 2.45) is 5.73 Å². The van der Waals surface area contributed by atoms with E-state index in [0.717, 1.165) is 0 Å². The lowest BCUT2D eigenvalue weighted by molar-refractivity contribution is -0.118. The Labute approximate surface area is 99.6 Å². The van der Waals surface area contributed by atoms with Crippen molar-refractivity contribution >= 4 is 11.7 Å². The summed E-state index contributed by atoms with van der Waals surface area (Å²) in [5, 5.41) is 3.03. The van der Waals surface area contributed by atoms with Gasteiger partial charge >= 0.3 is 0 Å². The number of rotatable bonds is 5. The van der Waals surface area contributed by atoms with E-state index in [4.69, 9.17) is 5.73 Å². The number of primary amides is 1. The monoisotopic (exact) mass is 238 g/mol. The van der Waals surface area contributed by atoms with Gasteiger partial charge in [-0.05, 0) is 13.8 Å². The third-order valence-corrected chi connectivity index (χ3v) is 2.21. The normalized spacial score (nSPS) is 11.2. The van der Waals surface area contributed by atoms with E-state index in [2.05, 4.69) is 15.3 Å². The minimum absolute atomic E-state index is 0.170. The van der Waals surface area contributed by atoms with E-state index in [-0.39, 0.29) is 12.0 Å². The molecular formula is C11H18N4O2. The molecule has 0 saturated carbocycles. The maximum atomic E-state index is 11.4. The minimum Gasteiger partial charge on any atom is -0.370 e. The van der Waals surface area contributed by atoms with Crippen LogP contribution in [0.1, 0.15) is 33.0 Å². The van der Waals surface area contributed by atoms with Crippen LogP contribution >= 0.6 is 0 Å². The summed E-state index contributed by atoms with van der Waals surface area (Å²) in [4.78, 5) is 29.1. The van der Waals surface area contributed by atoms with Gasteiger partial charge in [-0.15, -0.1) is 0 Å². The van der Waals surface area contributed by atoms with E-state index in [1.807, 2.05) is 20.8 Å². The molecule has 1 rings (SSSR count). The number of aromatic amines is 1. The molecule has 94 valence electrons. The van der Waals surface area contributed by atoms with Gasteiger partial charge in [-0.25, -0.2) is 4.98 Å².